The van der Waals surface area contributed by atoms with Crippen LogP contribution in [0.15, 0.2) is 24.3 Å². The van der Waals surface area contributed by atoms with E-state index in [1.54, 1.807) is 24.3 Å². The first-order valence-corrected chi connectivity index (χ1v) is 3.87. The van der Waals surface area contributed by atoms with Gasteiger partial charge in [0.25, 0.3) is 0 Å². The van der Waals surface area contributed by atoms with E-state index >= 15 is 0 Å². The first kappa shape index (κ1) is 8.78. The number of carbonyl (C=O) groups is 1. The zero-order valence-corrected chi connectivity index (χ0v) is 7.20. The summed E-state index contributed by atoms with van der Waals surface area (Å²) in [4.78, 5) is 11.2. The van der Waals surface area contributed by atoms with Crippen molar-refractivity contribution in [2.24, 2.45) is 0 Å². The summed E-state index contributed by atoms with van der Waals surface area (Å²) < 4.78 is 4.98. The predicted molar refractivity (Wildman–Crippen MR) is 45.8 cm³/mol. The monoisotopic (exact) mass is 163 g/mol. The molecule has 0 spiro atoms. The Kier molecular flexibility index (Phi) is 2.86. The second-order valence-electron chi connectivity index (χ2n) is 2.74. The Bertz CT molecular complexity index is 252. The van der Waals surface area contributed by atoms with Crippen LogP contribution in [0.4, 0.5) is 0 Å². The third-order valence-electron chi connectivity index (χ3n) is 1.30. The van der Waals surface area contributed by atoms with Crippen LogP contribution in [0.1, 0.15) is 24.2 Å². The van der Waals surface area contributed by atoms with Crippen molar-refractivity contribution in [3.63, 3.8) is 0 Å². The van der Waals surface area contributed by atoms with Crippen LogP contribution in [-0.2, 0) is 4.74 Å². The van der Waals surface area contributed by atoms with Crippen molar-refractivity contribution in [2.45, 2.75) is 20.0 Å². The van der Waals surface area contributed by atoms with Gasteiger partial charge < -0.3 is 4.74 Å². The smallest absolute Gasteiger partial charge is 0.338 e. The van der Waals surface area contributed by atoms with Crippen molar-refractivity contribution >= 4 is 5.97 Å². The van der Waals surface area contributed by atoms with Crippen molar-refractivity contribution in [3.8, 4) is 0 Å². The number of esters is 1. The quantitative estimate of drug-likeness (QED) is 0.624. The molecule has 2 nitrogen and oxygen atoms in total. The standard InChI is InChI=1S/C10H11O2/c1-8(2)12-10(11)9-6-4-3-5-7-9/h4-8H,1-2H3. The van der Waals surface area contributed by atoms with Gasteiger partial charge in [0.15, 0.2) is 0 Å². The molecule has 0 N–H and O–H groups in total. The number of benzene rings is 1. The van der Waals surface area contributed by atoms with Gasteiger partial charge in [-0.15, -0.1) is 0 Å². The van der Waals surface area contributed by atoms with Crippen molar-refractivity contribution < 1.29 is 9.53 Å². The van der Waals surface area contributed by atoms with Gasteiger partial charge >= 0.3 is 5.97 Å². The summed E-state index contributed by atoms with van der Waals surface area (Å²) in [6.45, 7) is 3.65. The lowest BCUT2D eigenvalue weighted by Gasteiger charge is -2.06. The number of rotatable bonds is 2. The minimum Gasteiger partial charge on any atom is -0.459 e. The van der Waals surface area contributed by atoms with Gasteiger partial charge in [-0.25, -0.2) is 4.79 Å². The SMILES string of the molecule is CC(C)OC(=O)c1cc[c]cc1. The van der Waals surface area contributed by atoms with Gasteiger partial charge in [0.1, 0.15) is 0 Å². The fourth-order valence-electron chi connectivity index (χ4n) is 0.805. The molecule has 1 aromatic carbocycles. The van der Waals surface area contributed by atoms with Crippen molar-refractivity contribution in [3.05, 3.63) is 35.9 Å². The molecule has 0 aliphatic rings. The summed E-state index contributed by atoms with van der Waals surface area (Å²) in [6.07, 6.45) is -0.0679. The first-order chi connectivity index (χ1) is 5.70. The first-order valence-electron chi connectivity index (χ1n) is 3.87. The summed E-state index contributed by atoms with van der Waals surface area (Å²) in [5.74, 6) is -0.279. The fraction of sp³-hybridized carbons (Fsp3) is 0.300. The van der Waals surface area contributed by atoms with Crippen LogP contribution >= 0.6 is 0 Å². The molecule has 0 aliphatic carbocycles. The summed E-state index contributed by atoms with van der Waals surface area (Å²) in [7, 11) is 0. The normalized spacial score (nSPS) is 9.92. The number of carbonyl (C=O) groups excluding carboxylic acids is 1. The van der Waals surface area contributed by atoms with Gasteiger partial charge in [-0.05, 0) is 32.0 Å². The molecule has 1 aromatic rings. The van der Waals surface area contributed by atoms with Gasteiger partial charge in [-0.2, -0.15) is 0 Å². The molecule has 0 amide bonds. The lowest BCUT2D eigenvalue weighted by Crippen LogP contribution is -2.11. The van der Waals surface area contributed by atoms with Crippen LogP contribution in [0, 0.1) is 6.07 Å². The topological polar surface area (TPSA) is 26.3 Å². The van der Waals surface area contributed by atoms with E-state index in [-0.39, 0.29) is 12.1 Å². The molecule has 0 saturated carbocycles. The van der Waals surface area contributed by atoms with E-state index in [4.69, 9.17) is 4.74 Å². The Balaban J connectivity index is 2.66. The number of hydrogen-bond acceptors (Lipinski definition) is 2. The average molecular weight is 163 g/mol. The highest BCUT2D eigenvalue weighted by Crippen LogP contribution is 2.02. The zero-order valence-electron chi connectivity index (χ0n) is 7.20. The number of hydrogen-bond donors (Lipinski definition) is 0. The maximum Gasteiger partial charge on any atom is 0.338 e. The molecule has 63 valence electrons. The van der Waals surface area contributed by atoms with E-state index in [1.807, 2.05) is 13.8 Å². The molecule has 1 radical (unpaired) electrons. The minimum atomic E-state index is -0.279. The van der Waals surface area contributed by atoms with E-state index in [9.17, 15) is 4.79 Å². The van der Waals surface area contributed by atoms with Gasteiger partial charge in [-0.3, -0.25) is 0 Å². The Morgan fingerprint density at radius 1 is 1.42 bits per heavy atom. The van der Waals surface area contributed by atoms with Gasteiger partial charge in [0, 0.05) is 0 Å². The van der Waals surface area contributed by atoms with Crippen LogP contribution in [0.5, 0.6) is 0 Å². The Hall–Kier alpha value is -1.31. The Morgan fingerprint density at radius 2 is 2.00 bits per heavy atom. The highest BCUT2D eigenvalue weighted by Gasteiger charge is 2.06. The maximum absolute atomic E-state index is 11.2. The second-order valence-corrected chi connectivity index (χ2v) is 2.74. The lowest BCUT2D eigenvalue weighted by molar-refractivity contribution is 0.0378. The molecule has 0 saturated heterocycles. The maximum atomic E-state index is 11.2. The van der Waals surface area contributed by atoms with Crippen LogP contribution in [-0.4, -0.2) is 12.1 Å². The molecular formula is C10H11O2. The zero-order chi connectivity index (χ0) is 8.97. The van der Waals surface area contributed by atoms with E-state index in [0.29, 0.717) is 5.56 Å². The highest BCUT2D eigenvalue weighted by molar-refractivity contribution is 5.89. The van der Waals surface area contributed by atoms with Gasteiger partial charge in [0.2, 0.25) is 0 Å². The molecule has 0 aromatic heterocycles. The van der Waals surface area contributed by atoms with Crippen LogP contribution in [0.3, 0.4) is 0 Å². The van der Waals surface area contributed by atoms with Gasteiger partial charge in [-0.1, -0.05) is 12.1 Å². The lowest BCUT2D eigenvalue weighted by atomic mass is 10.2. The van der Waals surface area contributed by atoms with Crippen LogP contribution in [0.2, 0.25) is 0 Å². The predicted octanol–water partition coefficient (Wildman–Crippen LogP) is 2.05. The molecular weight excluding hydrogens is 152 g/mol. The Morgan fingerprint density at radius 3 is 2.50 bits per heavy atom. The highest BCUT2D eigenvalue weighted by atomic mass is 16.5. The molecule has 0 bridgehead atoms. The van der Waals surface area contributed by atoms with Crippen molar-refractivity contribution in [1.82, 2.24) is 0 Å². The molecule has 0 fully saturated rings. The molecule has 0 aliphatic heterocycles. The summed E-state index contributed by atoms with van der Waals surface area (Å²) in [5, 5.41) is 0. The number of ether oxygens (including phenoxy) is 1. The minimum absolute atomic E-state index is 0.0679. The van der Waals surface area contributed by atoms with E-state index < -0.39 is 0 Å². The second kappa shape index (κ2) is 3.90. The molecule has 1 rings (SSSR count). The molecule has 2 heteroatoms. The van der Waals surface area contributed by atoms with Crippen molar-refractivity contribution in [2.75, 3.05) is 0 Å². The fourth-order valence-corrected chi connectivity index (χ4v) is 0.805. The third-order valence-corrected chi connectivity index (χ3v) is 1.30. The third kappa shape index (κ3) is 2.38. The van der Waals surface area contributed by atoms with E-state index in [0.717, 1.165) is 0 Å². The molecule has 0 atom stereocenters. The van der Waals surface area contributed by atoms with E-state index in [1.165, 1.54) is 0 Å². The summed E-state index contributed by atoms with van der Waals surface area (Å²) in [5.41, 5.74) is 0.572. The van der Waals surface area contributed by atoms with Crippen molar-refractivity contribution in [1.29, 1.82) is 0 Å². The Labute approximate surface area is 72.2 Å². The average Bonchev–Trinajstić information content (AvgIpc) is 2.05. The van der Waals surface area contributed by atoms with E-state index in [2.05, 4.69) is 6.07 Å². The summed E-state index contributed by atoms with van der Waals surface area (Å²) in [6, 6.07) is 9.59. The molecule has 0 unspecified atom stereocenters. The van der Waals surface area contributed by atoms with Crippen LogP contribution < -0.4 is 0 Å². The molecule has 0 heterocycles. The largest absolute Gasteiger partial charge is 0.459 e. The van der Waals surface area contributed by atoms with Crippen LogP contribution in [0.25, 0.3) is 0 Å². The van der Waals surface area contributed by atoms with Gasteiger partial charge in [0.05, 0.1) is 11.7 Å². The summed E-state index contributed by atoms with van der Waals surface area (Å²) >= 11 is 0. The molecule has 12 heavy (non-hydrogen) atoms.